The Labute approximate surface area is 332 Å². The fourth-order valence-electron chi connectivity index (χ4n) is 8.17. The topological polar surface area (TPSA) is 24.1 Å². The third kappa shape index (κ3) is 6.57. The molecule has 0 saturated carbocycles. The number of hydrogen-bond donors (Lipinski definition) is 2. The lowest BCUT2D eigenvalue weighted by molar-refractivity contribution is 0.749. The second-order valence-corrected chi connectivity index (χ2v) is 15.9. The molecule has 268 valence electrons. The molecule has 1 aliphatic carbocycles. The predicted molar refractivity (Wildman–Crippen MR) is 243 cm³/mol. The second kappa shape index (κ2) is 14.5. The Kier molecular flexibility index (Phi) is 8.78. The van der Waals surface area contributed by atoms with E-state index in [1.807, 2.05) is 11.3 Å². The summed E-state index contributed by atoms with van der Waals surface area (Å²) in [6.07, 6.45) is 7.77. The molecule has 1 unspecified atom stereocenters. The third-order valence-electron chi connectivity index (χ3n) is 11.0. The summed E-state index contributed by atoms with van der Waals surface area (Å²) < 4.78 is 2.61. The normalized spacial score (nSPS) is 13.9. The molecule has 0 amide bonds. The van der Waals surface area contributed by atoms with Crippen LogP contribution in [-0.2, 0) is 0 Å². The maximum Gasteiger partial charge on any atom is 0.0464 e. The molecule has 0 spiro atoms. The zero-order valence-electron chi connectivity index (χ0n) is 31.2. The molecule has 0 fully saturated rings. The Morgan fingerprint density at radius 2 is 1.14 bits per heavy atom. The molecule has 0 bridgehead atoms. The molecule has 8 aromatic carbocycles. The van der Waals surface area contributed by atoms with E-state index in [2.05, 4.69) is 212 Å². The molecule has 1 atom stereocenters. The van der Waals surface area contributed by atoms with Gasteiger partial charge in [-0.1, -0.05) is 146 Å². The van der Waals surface area contributed by atoms with Crippen LogP contribution in [0, 0.1) is 5.92 Å². The molecule has 9 aromatic rings. The first-order valence-electron chi connectivity index (χ1n) is 19.4. The highest BCUT2D eigenvalue weighted by Crippen LogP contribution is 2.42. The highest BCUT2D eigenvalue weighted by Gasteiger charge is 2.15. The summed E-state index contributed by atoms with van der Waals surface area (Å²) in [5, 5.41) is 12.7. The fourth-order valence-corrected chi connectivity index (χ4v) is 9.31. The number of thiophene rings is 1. The Balaban J connectivity index is 1.03. The van der Waals surface area contributed by atoms with Crippen LogP contribution in [0.2, 0.25) is 0 Å². The van der Waals surface area contributed by atoms with Gasteiger partial charge in [0.2, 0.25) is 0 Å². The lowest BCUT2D eigenvalue weighted by Gasteiger charge is -2.18. The van der Waals surface area contributed by atoms with Gasteiger partial charge in [0.25, 0.3) is 0 Å². The average Bonchev–Trinajstić information content (AvgIpc) is 3.62. The Morgan fingerprint density at radius 3 is 2.09 bits per heavy atom. The van der Waals surface area contributed by atoms with E-state index in [1.54, 1.807) is 0 Å². The van der Waals surface area contributed by atoms with E-state index in [-0.39, 0.29) is 0 Å². The number of anilines is 4. The predicted octanol–water partition coefficient (Wildman–Crippen LogP) is 15.7. The number of nitrogens with one attached hydrogen (secondary N) is 2. The first-order valence-corrected chi connectivity index (χ1v) is 20.2. The molecular formula is C53H40N2S. The van der Waals surface area contributed by atoms with Crippen LogP contribution in [0.3, 0.4) is 0 Å². The minimum Gasteiger partial charge on any atom is -0.355 e. The maximum atomic E-state index is 3.85. The highest BCUT2D eigenvalue weighted by molar-refractivity contribution is 7.25. The maximum absolute atomic E-state index is 3.85. The van der Waals surface area contributed by atoms with Gasteiger partial charge in [-0.2, -0.15) is 0 Å². The van der Waals surface area contributed by atoms with Gasteiger partial charge in [-0.3, -0.25) is 0 Å². The van der Waals surface area contributed by atoms with Crippen molar-refractivity contribution >= 4 is 70.6 Å². The first kappa shape index (κ1) is 33.9. The van der Waals surface area contributed by atoms with Crippen molar-refractivity contribution in [2.24, 2.45) is 5.92 Å². The van der Waals surface area contributed by atoms with E-state index < -0.39 is 0 Å². The zero-order chi connectivity index (χ0) is 37.4. The lowest BCUT2D eigenvalue weighted by atomic mass is 9.91. The summed E-state index contributed by atoms with van der Waals surface area (Å²) in [6, 6.07) is 63.9. The van der Waals surface area contributed by atoms with E-state index in [1.165, 1.54) is 69.9 Å². The molecule has 0 saturated heterocycles. The van der Waals surface area contributed by atoms with Gasteiger partial charge in [-0.05, 0) is 106 Å². The molecule has 0 radical (unpaired) electrons. The summed E-state index contributed by atoms with van der Waals surface area (Å²) in [4.78, 5) is 0. The molecule has 10 rings (SSSR count). The van der Waals surface area contributed by atoms with Crippen molar-refractivity contribution in [3.63, 3.8) is 0 Å². The summed E-state index contributed by atoms with van der Waals surface area (Å²) in [5.74, 6) is 0.553. The van der Waals surface area contributed by atoms with E-state index in [0.29, 0.717) is 5.92 Å². The van der Waals surface area contributed by atoms with Gasteiger partial charge in [0.1, 0.15) is 0 Å². The molecule has 2 N–H and O–H groups in total. The van der Waals surface area contributed by atoms with Crippen LogP contribution in [-0.4, -0.2) is 0 Å². The van der Waals surface area contributed by atoms with Crippen molar-refractivity contribution in [3.8, 4) is 33.4 Å². The quantitative estimate of drug-likeness (QED) is 0.162. The second-order valence-electron chi connectivity index (χ2n) is 14.8. The highest BCUT2D eigenvalue weighted by atomic mass is 32.1. The largest absolute Gasteiger partial charge is 0.355 e. The number of hydrogen-bond acceptors (Lipinski definition) is 3. The molecule has 1 aliphatic rings. The summed E-state index contributed by atoms with van der Waals surface area (Å²) in [7, 11) is 0. The first-order chi connectivity index (χ1) is 27.6. The third-order valence-corrected chi connectivity index (χ3v) is 12.1. The van der Waals surface area contributed by atoms with Gasteiger partial charge in [0.15, 0.2) is 0 Å². The van der Waals surface area contributed by atoms with E-state index in [9.17, 15) is 0 Å². The summed E-state index contributed by atoms with van der Waals surface area (Å²) in [5.41, 5.74) is 14.0. The van der Waals surface area contributed by atoms with Gasteiger partial charge in [0, 0.05) is 59.4 Å². The summed E-state index contributed by atoms with van der Waals surface area (Å²) in [6.45, 7) is 2.28. The minimum absolute atomic E-state index is 0.553. The van der Waals surface area contributed by atoms with Crippen LogP contribution >= 0.6 is 11.3 Å². The zero-order valence-corrected chi connectivity index (χ0v) is 32.0. The van der Waals surface area contributed by atoms with Crippen LogP contribution in [0.4, 0.5) is 22.7 Å². The molecule has 1 aromatic heterocycles. The van der Waals surface area contributed by atoms with Crippen molar-refractivity contribution in [2.75, 3.05) is 10.6 Å². The number of allylic oxidation sites excluding steroid dienone is 4. The Morgan fingerprint density at radius 1 is 0.464 bits per heavy atom. The van der Waals surface area contributed by atoms with Crippen molar-refractivity contribution in [2.45, 2.75) is 13.3 Å². The minimum atomic E-state index is 0.553. The van der Waals surface area contributed by atoms with Crippen LogP contribution in [0.15, 0.2) is 194 Å². The molecule has 2 nitrogen and oxygen atoms in total. The van der Waals surface area contributed by atoms with Crippen LogP contribution in [0.1, 0.15) is 18.9 Å². The van der Waals surface area contributed by atoms with Crippen molar-refractivity contribution < 1.29 is 0 Å². The number of fused-ring (bicyclic) bond motifs is 4. The van der Waals surface area contributed by atoms with E-state index in [4.69, 9.17) is 0 Å². The van der Waals surface area contributed by atoms with Gasteiger partial charge < -0.3 is 10.6 Å². The molecular weight excluding hydrogens is 697 g/mol. The van der Waals surface area contributed by atoms with Crippen LogP contribution < -0.4 is 10.6 Å². The van der Waals surface area contributed by atoms with Gasteiger partial charge in [-0.15, -0.1) is 11.3 Å². The molecule has 0 aliphatic heterocycles. The monoisotopic (exact) mass is 736 g/mol. The van der Waals surface area contributed by atoms with Crippen LogP contribution in [0.5, 0.6) is 0 Å². The smallest absolute Gasteiger partial charge is 0.0464 e. The van der Waals surface area contributed by atoms with Gasteiger partial charge in [0.05, 0.1) is 0 Å². The Hall–Kier alpha value is -6.68. The SMILES string of the molecule is CC1C=CC=C(c2cccc(Nc3ccccc3-c3cccc(-c4ccc(Nc5cccc6ccccc56)c(-c5ccc6c(c5)sc5ccccc56)c4)c3)c2)C1. The lowest BCUT2D eigenvalue weighted by Crippen LogP contribution is -1.98. The molecule has 1 heterocycles. The Bertz CT molecular complexity index is 2980. The van der Waals surface area contributed by atoms with E-state index in [0.717, 1.165) is 34.7 Å². The van der Waals surface area contributed by atoms with Crippen LogP contribution in [0.25, 0.3) is 69.9 Å². The number of para-hydroxylation sites is 1. The number of rotatable bonds is 8. The van der Waals surface area contributed by atoms with Crippen molar-refractivity contribution in [3.05, 3.63) is 200 Å². The standard InChI is InChI=1S/C53H40N2S/c1-35-12-8-15-37(30-35)39-17-10-19-43(32-39)54-49-23-6-4-21-45(49)41-18-9-16-38(31-41)40-27-29-51(55-50-24-11-14-36-13-2-3-20-44(36)50)48(33-40)42-26-28-47-46-22-5-7-25-52(46)56-53(47)34-42/h2-29,31-35,54-55H,30H2,1H3. The van der Waals surface area contributed by atoms with Crippen molar-refractivity contribution in [1.29, 1.82) is 0 Å². The van der Waals surface area contributed by atoms with Gasteiger partial charge >= 0.3 is 0 Å². The van der Waals surface area contributed by atoms with Gasteiger partial charge in [-0.25, -0.2) is 0 Å². The van der Waals surface area contributed by atoms with E-state index >= 15 is 0 Å². The molecule has 3 heteroatoms. The number of benzene rings is 8. The fraction of sp³-hybridized carbons (Fsp3) is 0.0566. The average molecular weight is 737 g/mol. The molecule has 56 heavy (non-hydrogen) atoms. The summed E-state index contributed by atoms with van der Waals surface area (Å²) >= 11 is 1.86. The van der Waals surface area contributed by atoms with Crippen molar-refractivity contribution in [1.82, 2.24) is 0 Å².